The maximum Gasteiger partial charge on any atom is 0.149 e. The zero-order valence-corrected chi connectivity index (χ0v) is 32.6. The monoisotopic (exact) mass is 737 g/mol. The van der Waals surface area contributed by atoms with E-state index in [9.17, 15) is 5.11 Å². The van der Waals surface area contributed by atoms with E-state index in [-0.39, 0.29) is 11.2 Å². The van der Waals surface area contributed by atoms with Crippen LogP contribution in [0, 0.1) is 6.92 Å². The highest BCUT2D eigenvalue weighted by molar-refractivity contribution is 5.97. The fourth-order valence-electron chi connectivity index (χ4n) is 7.84. The van der Waals surface area contributed by atoms with Crippen molar-refractivity contribution < 1.29 is 5.11 Å². The number of imidazole rings is 1. The van der Waals surface area contributed by atoms with Gasteiger partial charge in [0, 0.05) is 23.0 Å². The van der Waals surface area contributed by atoms with Gasteiger partial charge in [-0.15, -0.1) is 0 Å². The van der Waals surface area contributed by atoms with Gasteiger partial charge < -0.3 is 5.11 Å². The van der Waals surface area contributed by atoms with Gasteiger partial charge in [-0.05, 0) is 118 Å². The molecule has 4 heteroatoms. The molecule has 0 amide bonds. The third-order valence-corrected chi connectivity index (χ3v) is 10.8. The molecule has 9 rings (SSSR count). The van der Waals surface area contributed by atoms with Gasteiger partial charge in [0.15, 0.2) is 0 Å². The normalized spacial score (nSPS) is 11.6. The Labute approximate surface area is 334 Å². The highest BCUT2D eigenvalue weighted by Gasteiger charge is 2.24. The molecule has 4 nitrogen and oxygen atoms in total. The molecule has 0 aliphatic carbocycles. The van der Waals surface area contributed by atoms with E-state index < -0.39 is 0 Å². The SMILES string of the molecule is Cc1ccc(-c2ccnc(-c3cc(-c4ccccc4)cc(-c4cccc5c4nc(-c4ccccc4O)n5-c4ccc(-c5ccccc5)c(C(C)(C)C)c4)c3)c2)cc1. The number of aryl methyl sites for hydroxylation is 1. The lowest BCUT2D eigenvalue weighted by Crippen LogP contribution is -2.14. The van der Waals surface area contributed by atoms with Crippen molar-refractivity contribution in [3.8, 4) is 78.6 Å². The maximum atomic E-state index is 11.3. The maximum absolute atomic E-state index is 11.3. The number of phenols is 1. The summed E-state index contributed by atoms with van der Waals surface area (Å²) < 4.78 is 2.20. The lowest BCUT2D eigenvalue weighted by molar-refractivity contribution is 0.477. The molecule has 1 N–H and O–H groups in total. The quantitative estimate of drug-likeness (QED) is 0.177. The number of fused-ring (bicyclic) bond motifs is 1. The van der Waals surface area contributed by atoms with E-state index >= 15 is 0 Å². The second-order valence-corrected chi connectivity index (χ2v) is 15.8. The molecule has 7 aromatic carbocycles. The predicted octanol–water partition coefficient (Wildman–Crippen LogP) is 13.7. The minimum absolute atomic E-state index is 0.142. The number of aromatic nitrogens is 3. The second kappa shape index (κ2) is 14.6. The van der Waals surface area contributed by atoms with Crippen LogP contribution >= 0.6 is 0 Å². The molecule has 276 valence electrons. The van der Waals surface area contributed by atoms with Gasteiger partial charge in [-0.2, -0.15) is 0 Å². The molecule has 9 aromatic rings. The number of phenolic OH excluding ortho intramolecular Hbond substituents is 1. The fourth-order valence-corrected chi connectivity index (χ4v) is 7.84. The molecule has 0 aliphatic heterocycles. The Balaban J connectivity index is 1.27. The summed E-state index contributed by atoms with van der Waals surface area (Å²) >= 11 is 0. The van der Waals surface area contributed by atoms with Crippen molar-refractivity contribution in [2.24, 2.45) is 0 Å². The van der Waals surface area contributed by atoms with Crippen LogP contribution in [0.1, 0.15) is 31.9 Å². The number of pyridine rings is 1. The molecular formula is C53H43N3O. The molecule has 0 spiro atoms. The van der Waals surface area contributed by atoms with E-state index in [1.165, 1.54) is 22.3 Å². The first-order valence-corrected chi connectivity index (χ1v) is 19.5. The Morgan fingerprint density at radius 1 is 0.491 bits per heavy atom. The molecular weight excluding hydrogens is 695 g/mol. The summed E-state index contributed by atoms with van der Waals surface area (Å²) in [6.07, 6.45) is 1.90. The minimum Gasteiger partial charge on any atom is -0.507 e. The lowest BCUT2D eigenvalue weighted by atomic mass is 9.81. The van der Waals surface area contributed by atoms with Gasteiger partial charge in [-0.3, -0.25) is 9.55 Å². The fraction of sp³-hybridized carbons (Fsp3) is 0.0943. The van der Waals surface area contributed by atoms with Crippen molar-refractivity contribution in [1.29, 1.82) is 0 Å². The van der Waals surface area contributed by atoms with Crippen molar-refractivity contribution >= 4 is 11.0 Å². The average Bonchev–Trinajstić information content (AvgIpc) is 3.64. The summed E-state index contributed by atoms with van der Waals surface area (Å²) in [5, 5.41) is 11.3. The van der Waals surface area contributed by atoms with E-state index in [4.69, 9.17) is 9.97 Å². The molecule has 57 heavy (non-hydrogen) atoms. The van der Waals surface area contributed by atoms with E-state index in [0.717, 1.165) is 61.4 Å². The van der Waals surface area contributed by atoms with Crippen LogP contribution in [0.15, 0.2) is 182 Å². The van der Waals surface area contributed by atoms with Crippen LogP contribution in [-0.4, -0.2) is 19.6 Å². The third-order valence-electron chi connectivity index (χ3n) is 10.8. The molecule has 0 bridgehead atoms. The van der Waals surface area contributed by atoms with Gasteiger partial charge in [-0.25, -0.2) is 4.98 Å². The van der Waals surface area contributed by atoms with Gasteiger partial charge in [0.25, 0.3) is 0 Å². The number of para-hydroxylation sites is 2. The number of benzene rings is 7. The first-order valence-electron chi connectivity index (χ1n) is 19.5. The summed E-state index contributed by atoms with van der Waals surface area (Å²) in [5.74, 6) is 0.857. The summed E-state index contributed by atoms with van der Waals surface area (Å²) in [5.41, 5.74) is 16.6. The first kappa shape index (κ1) is 35.6. The van der Waals surface area contributed by atoms with Crippen LogP contribution in [0.3, 0.4) is 0 Å². The summed E-state index contributed by atoms with van der Waals surface area (Å²) in [6.45, 7) is 8.89. The Bertz CT molecular complexity index is 2880. The van der Waals surface area contributed by atoms with Crippen molar-refractivity contribution in [2.45, 2.75) is 33.1 Å². The van der Waals surface area contributed by atoms with Crippen molar-refractivity contribution in [1.82, 2.24) is 14.5 Å². The van der Waals surface area contributed by atoms with Crippen molar-refractivity contribution in [3.63, 3.8) is 0 Å². The summed E-state index contributed by atoms with van der Waals surface area (Å²) in [4.78, 5) is 10.3. The molecule has 0 saturated carbocycles. The molecule has 2 heterocycles. The number of nitrogens with zero attached hydrogens (tertiary/aromatic N) is 3. The molecule has 0 fully saturated rings. The van der Waals surface area contributed by atoms with E-state index in [1.54, 1.807) is 6.07 Å². The predicted molar refractivity (Wildman–Crippen MR) is 237 cm³/mol. The Hall–Kier alpha value is -7.04. The van der Waals surface area contributed by atoms with Crippen molar-refractivity contribution in [2.75, 3.05) is 0 Å². The molecule has 2 aromatic heterocycles. The van der Waals surface area contributed by atoms with Crippen molar-refractivity contribution in [3.05, 3.63) is 193 Å². The molecule has 0 unspecified atom stereocenters. The molecule has 0 radical (unpaired) electrons. The number of hydrogen-bond acceptors (Lipinski definition) is 3. The van der Waals surface area contributed by atoms with Gasteiger partial charge >= 0.3 is 0 Å². The Kier molecular flexibility index (Phi) is 9.10. The van der Waals surface area contributed by atoms with Crippen LogP contribution in [-0.2, 0) is 5.41 Å². The lowest BCUT2D eigenvalue weighted by Gasteiger charge is -2.25. The van der Waals surface area contributed by atoms with Gasteiger partial charge in [-0.1, -0.05) is 142 Å². The minimum atomic E-state index is -0.142. The Morgan fingerprint density at radius 2 is 1.14 bits per heavy atom. The van der Waals surface area contributed by atoms with Gasteiger partial charge in [0.2, 0.25) is 0 Å². The topological polar surface area (TPSA) is 50.9 Å². The van der Waals surface area contributed by atoms with Crippen LogP contribution in [0.5, 0.6) is 5.75 Å². The summed E-state index contributed by atoms with van der Waals surface area (Å²) in [6, 6.07) is 61.2. The zero-order valence-electron chi connectivity index (χ0n) is 32.6. The summed E-state index contributed by atoms with van der Waals surface area (Å²) in [7, 11) is 0. The first-order chi connectivity index (χ1) is 27.7. The van der Waals surface area contributed by atoms with Crippen LogP contribution in [0.4, 0.5) is 0 Å². The smallest absolute Gasteiger partial charge is 0.149 e. The average molecular weight is 738 g/mol. The Morgan fingerprint density at radius 3 is 1.88 bits per heavy atom. The molecule has 0 atom stereocenters. The highest BCUT2D eigenvalue weighted by Crippen LogP contribution is 2.42. The van der Waals surface area contributed by atoms with Crippen LogP contribution in [0.25, 0.3) is 83.9 Å². The highest BCUT2D eigenvalue weighted by atomic mass is 16.3. The number of rotatable bonds is 7. The zero-order chi connectivity index (χ0) is 39.1. The largest absolute Gasteiger partial charge is 0.507 e. The van der Waals surface area contributed by atoms with Gasteiger partial charge in [0.05, 0.1) is 22.3 Å². The number of aromatic hydroxyl groups is 1. The van der Waals surface area contributed by atoms with Crippen LogP contribution < -0.4 is 0 Å². The van der Waals surface area contributed by atoms with E-state index in [2.05, 4.69) is 178 Å². The third kappa shape index (κ3) is 6.91. The van der Waals surface area contributed by atoms with Gasteiger partial charge in [0.1, 0.15) is 11.6 Å². The second-order valence-electron chi connectivity index (χ2n) is 15.8. The standard InChI is InChI=1S/C53H43N3O/c1-35-22-24-37(25-23-35)39-28-29-54-48(33-39)42-31-40(36-14-7-5-8-15-36)30-41(32-42)45-19-13-20-49-51(45)55-52(46-18-11-12-21-50(46)57)56(49)43-26-27-44(38-16-9-6-10-17-38)47(34-43)53(2,3)4/h5-34,57H,1-4H3. The molecule has 0 saturated heterocycles. The number of hydrogen-bond donors (Lipinski definition) is 1. The molecule has 0 aliphatic rings. The van der Waals surface area contributed by atoms with E-state index in [0.29, 0.717) is 11.4 Å². The van der Waals surface area contributed by atoms with E-state index in [1.807, 2.05) is 30.5 Å². The van der Waals surface area contributed by atoms with Crippen LogP contribution in [0.2, 0.25) is 0 Å².